The molecule has 0 atom stereocenters. The molecule has 0 unspecified atom stereocenters. The van der Waals surface area contributed by atoms with Crippen molar-refractivity contribution in [2.45, 2.75) is 45.3 Å². The number of carbonyl (C=O) groups is 1. The van der Waals surface area contributed by atoms with Gasteiger partial charge < -0.3 is 10.4 Å². The Labute approximate surface area is 227 Å². The molecule has 3 aromatic carbocycles. The second-order valence-electron chi connectivity index (χ2n) is 9.59. The Bertz CT molecular complexity index is 1540. The minimum absolute atomic E-state index is 0.127. The lowest BCUT2D eigenvalue weighted by molar-refractivity contribution is -0.137. The highest BCUT2D eigenvalue weighted by Gasteiger charge is 2.32. The van der Waals surface area contributed by atoms with Crippen molar-refractivity contribution < 1.29 is 23.1 Å². The zero-order chi connectivity index (χ0) is 28.4. The first-order valence-corrected chi connectivity index (χ1v) is 12.4. The van der Waals surface area contributed by atoms with E-state index in [1.54, 1.807) is 62.4 Å². The Morgan fingerprint density at radius 1 is 0.974 bits per heavy atom. The zero-order valence-corrected chi connectivity index (χ0v) is 21.9. The lowest BCUT2D eigenvalue weighted by Gasteiger charge is -2.27. The minimum Gasteiger partial charge on any atom is -0.392 e. The summed E-state index contributed by atoms with van der Waals surface area (Å²) >= 11 is 6.02. The van der Waals surface area contributed by atoms with Crippen LogP contribution in [0, 0.1) is 0 Å². The van der Waals surface area contributed by atoms with Gasteiger partial charge in [0.1, 0.15) is 6.54 Å². The van der Waals surface area contributed by atoms with Crippen molar-refractivity contribution in [3.63, 3.8) is 0 Å². The zero-order valence-electron chi connectivity index (χ0n) is 21.2. The molecule has 1 aromatic heterocycles. The molecule has 0 fully saturated rings. The number of aromatic nitrogens is 3. The molecule has 204 valence electrons. The van der Waals surface area contributed by atoms with E-state index >= 15 is 0 Å². The van der Waals surface area contributed by atoms with Gasteiger partial charge in [-0.3, -0.25) is 9.36 Å². The Kier molecular flexibility index (Phi) is 7.99. The first-order valence-electron chi connectivity index (χ1n) is 12.0. The fraction of sp³-hybridized carbons (Fsp3) is 0.250. The summed E-state index contributed by atoms with van der Waals surface area (Å²) in [7, 11) is 0. The summed E-state index contributed by atoms with van der Waals surface area (Å²) in [5.74, 6) is -0.301. The SMILES string of the molecule is CC(C)(NC(=O)Cn1nc(-c2ccc(Cl)cc2)n(Cc2cccc(CO)c2)c1=O)c1cccc(C(F)(F)F)c1. The number of alkyl halides is 3. The molecule has 0 saturated heterocycles. The van der Waals surface area contributed by atoms with Gasteiger partial charge in [0.15, 0.2) is 5.82 Å². The molecule has 1 heterocycles. The van der Waals surface area contributed by atoms with Crippen LogP contribution in [0.4, 0.5) is 13.2 Å². The first kappa shape index (κ1) is 28.1. The molecule has 2 N–H and O–H groups in total. The lowest BCUT2D eigenvalue weighted by atomic mass is 9.92. The largest absolute Gasteiger partial charge is 0.416 e. The van der Waals surface area contributed by atoms with Crippen LogP contribution in [-0.4, -0.2) is 25.4 Å². The van der Waals surface area contributed by atoms with Crippen LogP contribution in [0.2, 0.25) is 5.02 Å². The molecule has 0 aliphatic rings. The Hall–Kier alpha value is -3.89. The third-order valence-electron chi connectivity index (χ3n) is 6.20. The van der Waals surface area contributed by atoms with Gasteiger partial charge in [0.25, 0.3) is 0 Å². The number of aliphatic hydroxyl groups excluding tert-OH is 1. The fourth-order valence-electron chi connectivity index (χ4n) is 4.19. The molecule has 0 aliphatic carbocycles. The number of hydrogen-bond acceptors (Lipinski definition) is 4. The molecule has 0 saturated carbocycles. The average molecular weight is 559 g/mol. The predicted octanol–water partition coefficient (Wildman–Crippen LogP) is 4.98. The van der Waals surface area contributed by atoms with Gasteiger partial charge >= 0.3 is 11.9 Å². The van der Waals surface area contributed by atoms with Crippen LogP contribution in [0.3, 0.4) is 0 Å². The molecular weight excluding hydrogens is 533 g/mol. The van der Waals surface area contributed by atoms with E-state index in [0.717, 1.165) is 22.4 Å². The van der Waals surface area contributed by atoms with Gasteiger partial charge in [0, 0.05) is 10.6 Å². The third-order valence-corrected chi connectivity index (χ3v) is 6.45. The van der Waals surface area contributed by atoms with Crippen molar-refractivity contribution in [3.8, 4) is 11.4 Å². The highest BCUT2D eigenvalue weighted by Crippen LogP contribution is 2.32. The second kappa shape index (κ2) is 11.1. The lowest BCUT2D eigenvalue weighted by Crippen LogP contribution is -2.44. The van der Waals surface area contributed by atoms with E-state index < -0.39 is 35.4 Å². The van der Waals surface area contributed by atoms with Crippen molar-refractivity contribution >= 4 is 17.5 Å². The highest BCUT2D eigenvalue weighted by atomic mass is 35.5. The maximum Gasteiger partial charge on any atom is 0.416 e. The highest BCUT2D eigenvalue weighted by molar-refractivity contribution is 6.30. The van der Waals surface area contributed by atoms with Gasteiger partial charge in [-0.25, -0.2) is 9.48 Å². The van der Waals surface area contributed by atoms with Gasteiger partial charge in [-0.2, -0.15) is 13.2 Å². The van der Waals surface area contributed by atoms with E-state index in [-0.39, 0.29) is 18.7 Å². The van der Waals surface area contributed by atoms with Crippen LogP contribution >= 0.6 is 11.6 Å². The molecular formula is C28H26ClF3N4O3. The molecule has 0 aliphatic heterocycles. The fourth-order valence-corrected chi connectivity index (χ4v) is 4.31. The number of carbonyl (C=O) groups excluding carboxylic acids is 1. The minimum atomic E-state index is -4.52. The van der Waals surface area contributed by atoms with Crippen LogP contribution < -0.4 is 11.0 Å². The van der Waals surface area contributed by atoms with Crippen LogP contribution in [0.15, 0.2) is 77.6 Å². The smallest absolute Gasteiger partial charge is 0.392 e. The van der Waals surface area contributed by atoms with Crippen molar-refractivity contribution in [3.05, 3.63) is 111 Å². The summed E-state index contributed by atoms with van der Waals surface area (Å²) in [6.07, 6.45) is -4.52. The monoisotopic (exact) mass is 558 g/mol. The van der Waals surface area contributed by atoms with E-state index in [1.165, 1.54) is 16.7 Å². The molecule has 0 spiro atoms. The summed E-state index contributed by atoms with van der Waals surface area (Å²) < 4.78 is 42.0. The summed E-state index contributed by atoms with van der Waals surface area (Å²) in [4.78, 5) is 26.4. The predicted molar refractivity (Wildman–Crippen MR) is 141 cm³/mol. The third kappa shape index (κ3) is 6.58. The van der Waals surface area contributed by atoms with Crippen LogP contribution in [0.25, 0.3) is 11.4 Å². The summed E-state index contributed by atoms with van der Waals surface area (Å²) in [5.41, 5.74) is -0.261. The number of rotatable bonds is 8. The van der Waals surface area contributed by atoms with Gasteiger partial charge in [-0.05, 0) is 66.9 Å². The number of nitrogens with one attached hydrogen (secondary N) is 1. The normalized spacial score (nSPS) is 12.0. The van der Waals surface area contributed by atoms with Gasteiger partial charge in [0.2, 0.25) is 5.91 Å². The first-order chi connectivity index (χ1) is 18.4. The van der Waals surface area contributed by atoms with E-state index in [0.29, 0.717) is 22.0 Å². The molecule has 11 heteroatoms. The standard InChI is InChI=1S/C28H26ClF3N4O3/c1-27(2,21-7-4-8-22(14-21)28(30,31)32)33-24(38)16-36-26(39)35(15-18-5-3-6-19(13-18)17-37)25(34-36)20-9-11-23(29)12-10-20/h3-14,37H,15-17H2,1-2H3,(H,33,38). The van der Waals surface area contributed by atoms with Crippen molar-refractivity contribution in [1.82, 2.24) is 19.7 Å². The molecule has 0 radical (unpaired) electrons. The van der Waals surface area contributed by atoms with E-state index in [4.69, 9.17) is 11.6 Å². The molecule has 4 aromatic rings. The van der Waals surface area contributed by atoms with E-state index in [1.807, 2.05) is 0 Å². The topological polar surface area (TPSA) is 89.2 Å². The Balaban J connectivity index is 1.64. The number of nitrogens with zero attached hydrogens (tertiary/aromatic N) is 3. The van der Waals surface area contributed by atoms with Gasteiger partial charge in [-0.1, -0.05) is 48.0 Å². The molecule has 1 amide bonds. The van der Waals surface area contributed by atoms with E-state index in [9.17, 15) is 27.9 Å². The molecule has 4 rings (SSSR count). The van der Waals surface area contributed by atoms with Gasteiger partial charge in [0.05, 0.1) is 24.3 Å². The van der Waals surface area contributed by atoms with E-state index in [2.05, 4.69) is 10.4 Å². The van der Waals surface area contributed by atoms with Crippen LogP contribution in [0.5, 0.6) is 0 Å². The van der Waals surface area contributed by atoms with Crippen molar-refractivity contribution in [1.29, 1.82) is 0 Å². The van der Waals surface area contributed by atoms with Crippen LogP contribution in [-0.2, 0) is 36.2 Å². The number of halogens is 4. The number of amides is 1. The maximum atomic E-state index is 13.4. The summed E-state index contributed by atoms with van der Waals surface area (Å²) in [6, 6.07) is 18.5. The quantitative estimate of drug-likeness (QED) is 0.319. The molecule has 39 heavy (non-hydrogen) atoms. The summed E-state index contributed by atoms with van der Waals surface area (Å²) in [5, 5.41) is 17.1. The van der Waals surface area contributed by atoms with Crippen molar-refractivity contribution in [2.24, 2.45) is 0 Å². The molecule has 0 bridgehead atoms. The molecule has 7 nitrogen and oxygen atoms in total. The summed E-state index contributed by atoms with van der Waals surface area (Å²) in [6.45, 7) is 2.67. The van der Waals surface area contributed by atoms with Gasteiger partial charge in [-0.15, -0.1) is 5.10 Å². The Morgan fingerprint density at radius 2 is 1.62 bits per heavy atom. The average Bonchev–Trinajstić information content (AvgIpc) is 3.18. The van der Waals surface area contributed by atoms with Crippen LogP contribution in [0.1, 0.15) is 36.1 Å². The number of aliphatic hydroxyl groups is 1. The Morgan fingerprint density at radius 3 is 2.28 bits per heavy atom. The number of benzene rings is 3. The second-order valence-corrected chi connectivity index (χ2v) is 10.0. The number of hydrogen-bond donors (Lipinski definition) is 2. The van der Waals surface area contributed by atoms with Crippen molar-refractivity contribution in [2.75, 3.05) is 0 Å². The maximum absolute atomic E-state index is 13.4.